The number of nitrogens with zero attached hydrogens (tertiary/aromatic N) is 4. The fraction of sp³-hybridized carbons (Fsp3) is 0.500. The van der Waals surface area contributed by atoms with E-state index in [1.807, 2.05) is 13.8 Å². The first kappa shape index (κ1) is 21.5. The Balaban J connectivity index is 1.80. The summed E-state index contributed by atoms with van der Waals surface area (Å²) in [6.07, 6.45) is 3.83. The molecule has 0 aromatic heterocycles. The average molecular weight is 416 g/mol. The van der Waals surface area contributed by atoms with Crippen LogP contribution in [-0.4, -0.2) is 54.0 Å². The number of urea groups is 1. The third-order valence-electron chi connectivity index (χ3n) is 6.60. The van der Waals surface area contributed by atoms with E-state index >= 15 is 0 Å². The van der Waals surface area contributed by atoms with Gasteiger partial charge in [-0.2, -0.15) is 0 Å². The molecule has 0 unspecified atom stereocenters. The molecule has 1 aliphatic carbocycles. The number of amidine groups is 1. The Morgan fingerprint density at radius 3 is 2.34 bits per heavy atom. The second-order valence-corrected chi connectivity index (χ2v) is 8.64. The van der Waals surface area contributed by atoms with Crippen LogP contribution < -0.4 is 5.32 Å². The minimum Gasteiger partial charge on any atom is -0.330 e. The van der Waals surface area contributed by atoms with Crippen molar-refractivity contribution in [2.75, 3.05) is 20.6 Å². The van der Waals surface area contributed by atoms with Gasteiger partial charge in [-0.25, -0.2) is 14.8 Å². The summed E-state index contributed by atoms with van der Waals surface area (Å²) < 4.78 is 0. The van der Waals surface area contributed by atoms with Crippen LogP contribution in [0.3, 0.4) is 0 Å². The number of hydrogen-bond donors (Lipinski definition) is 1. The van der Waals surface area contributed by atoms with Gasteiger partial charge in [-0.05, 0) is 77.5 Å². The predicted molar refractivity (Wildman–Crippen MR) is 119 cm³/mol. The number of aliphatic imine (C=N–C) groups is 2. The molecule has 0 bridgehead atoms. The van der Waals surface area contributed by atoms with Gasteiger partial charge >= 0.3 is 6.03 Å². The van der Waals surface area contributed by atoms with E-state index in [-0.39, 0.29) is 22.4 Å². The minimum atomic E-state index is -0.211. The summed E-state index contributed by atoms with van der Waals surface area (Å²) in [6, 6.07) is 10.6. The highest BCUT2D eigenvalue weighted by Gasteiger charge is 2.50. The van der Waals surface area contributed by atoms with Crippen LogP contribution in [0.4, 0.5) is 4.79 Å². The number of hydrogen-bond acceptors (Lipinski definition) is 3. The van der Waals surface area contributed by atoms with E-state index in [9.17, 15) is 4.79 Å². The summed E-state index contributed by atoms with van der Waals surface area (Å²) in [5.41, 5.74) is 2.58. The molecule has 2 fully saturated rings. The molecule has 2 amide bonds. The maximum Gasteiger partial charge on any atom is 0.322 e. The zero-order valence-electron chi connectivity index (χ0n) is 17.7. The van der Waals surface area contributed by atoms with Gasteiger partial charge in [-0.3, -0.25) is 9.80 Å². The Morgan fingerprint density at radius 2 is 1.79 bits per heavy atom. The lowest BCUT2D eigenvalue weighted by Crippen LogP contribution is -2.54. The number of benzene rings is 1. The second-order valence-electron chi connectivity index (χ2n) is 8.30. The normalized spacial score (nSPS) is 28.6. The van der Waals surface area contributed by atoms with E-state index < -0.39 is 0 Å². The Morgan fingerprint density at radius 1 is 1.17 bits per heavy atom. The van der Waals surface area contributed by atoms with Gasteiger partial charge < -0.3 is 5.32 Å². The summed E-state index contributed by atoms with van der Waals surface area (Å²) in [5, 5.41) is 3.34. The summed E-state index contributed by atoms with van der Waals surface area (Å²) in [6.45, 7) is 7.73. The standard InChI is InChI=1S/C22H30ClN5O/c1-16(25-19(23)24-3)17(2)28-15-21(26-20(28)29)11-13-22(14-12-21,27(4)5)18-9-7-6-8-10-18/h6-10H,3,11-15H2,1-2,4-5H3,(H,26,29)/b17-16+,25-19?. The van der Waals surface area contributed by atoms with Crippen LogP contribution in [0.15, 0.2) is 51.7 Å². The van der Waals surface area contributed by atoms with Crippen LogP contribution in [0.2, 0.25) is 0 Å². The first-order valence-electron chi connectivity index (χ1n) is 9.94. The van der Waals surface area contributed by atoms with E-state index in [2.05, 4.69) is 71.3 Å². The first-order chi connectivity index (χ1) is 13.7. The van der Waals surface area contributed by atoms with Crippen LogP contribution in [-0.2, 0) is 5.54 Å². The number of allylic oxidation sites excluding steroid dienone is 2. The molecule has 1 spiro atoms. The van der Waals surface area contributed by atoms with Crippen LogP contribution >= 0.6 is 11.6 Å². The lowest BCUT2D eigenvalue weighted by molar-refractivity contribution is 0.0628. The van der Waals surface area contributed by atoms with E-state index in [0.29, 0.717) is 12.2 Å². The van der Waals surface area contributed by atoms with E-state index in [4.69, 9.17) is 11.6 Å². The predicted octanol–water partition coefficient (Wildman–Crippen LogP) is 4.33. The lowest BCUT2D eigenvalue weighted by Gasteiger charge is -2.48. The molecule has 1 aliphatic heterocycles. The maximum atomic E-state index is 12.8. The van der Waals surface area contributed by atoms with Crippen LogP contribution in [0.5, 0.6) is 0 Å². The fourth-order valence-corrected chi connectivity index (χ4v) is 4.72. The van der Waals surface area contributed by atoms with Crippen molar-refractivity contribution >= 4 is 29.6 Å². The first-order valence-corrected chi connectivity index (χ1v) is 10.3. The SMILES string of the molecule is C=NC(Cl)=N/C(C)=C(\C)N1CC2(CCC(c3ccccc3)(N(C)C)CC2)NC1=O. The molecule has 29 heavy (non-hydrogen) atoms. The van der Waals surface area contributed by atoms with Crippen molar-refractivity contribution in [3.05, 3.63) is 47.3 Å². The Bertz CT molecular complexity index is 838. The van der Waals surface area contributed by atoms with Gasteiger partial charge in [-0.1, -0.05) is 30.3 Å². The van der Waals surface area contributed by atoms with E-state index in [1.165, 1.54) is 5.56 Å². The molecule has 2 aliphatic rings. The Hall–Kier alpha value is -2.18. The smallest absolute Gasteiger partial charge is 0.322 e. The van der Waals surface area contributed by atoms with Gasteiger partial charge in [0.1, 0.15) is 0 Å². The summed E-state index contributed by atoms with van der Waals surface area (Å²) in [4.78, 5) is 24.7. The number of rotatable bonds is 4. The molecule has 0 radical (unpaired) electrons. The molecule has 7 heteroatoms. The number of nitrogens with one attached hydrogen (secondary N) is 1. The van der Waals surface area contributed by atoms with Gasteiger partial charge in [0.25, 0.3) is 0 Å². The summed E-state index contributed by atoms with van der Waals surface area (Å²) in [5.74, 6) is 0. The highest BCUT2D eigenvalue weighted by atomic mass is 35.5. The van der Waals surface area contributed by atoms with Crippen molar-refractivity contribution in [2.45, 2.75) is 50.6 Å². The maximum absolute atomic E-state index is 12.8. The van der Waals surface area contributed by atoms with E-state index in [1.54, 1.807) is 4.90 Å². The summed E-state index contributed by atoms with van der Waals surface area (Å²) >= 11 is 5.87. The van der Waals surface area contributed by atoms with Crippen molar-refractivity contribution in [3.63, 3.8) is 0 Å². The Kier molecular flexibility index (Phi) is 6.15. The van der Waals surface area contributed by atoms with Crippen molar-refractivity contribution in [1.29, 1.82) is 0 Å². The van der Waals surface area contributed by atoms with Gasteiger partial charge in [0.15, 0.2) is 0 Å². The molecule has 1 saturated heterocycles. The van der Waals surface area contributed by atoms with E-state index in [0.717, 1.165) is 31.4 Å². The number of carbonyl (C=O) groups excluding carboxylic acids is 1. The average Bonchev–Trinajstić information content (AvgIpc) is 3.04. The molecule has 1 N–H and O–H groups in total. The van der Waals surface area contributed by atoms with Crippen molar-refractivity contribution < 1.29 is 4.79 Å². The molecule has 1 aromatic carbocycles. The molecule has 1 saturated carbocycles. The Labute approximate surface area is 178 Å². The molecule has 6 nitrogen and oxygen atoms in total. The van der Waals surface area contributed by atoms with Gasteiger partial charge in [-0.15, -0.1) is 0 Å². The third-order valence-corrected chi connectivity index (χ3v) is 6.80. The monoisotopic (exact) mass is 415 g/mol. The topological polar surface area (TPSA) is 60.3 Å². The zero-order chi connectivity index (χ0) is 21.2. The number of halogens is 1. The fourth-order valence-electron chi connectivity index (χ4n) is 4.60. The quantitative estimate of drug-likeness (QED) is 0.452. The van der Waals surface area contributed by atoms with Gasteiger partial charge in [0.05, 0.1) is 17.8 Å². The highest BCUT2D eigenvalue weighted by molar-refractivity contribution is 6.65. The number of carbonyl (C=O) groups is 1. The second kappa shape index (κ2) is 8.28. The highest BCUT2D eigenvalue weighted by Crippen LogP contribution is 2.46. The van der Waals surface area contributed by atoms with Gasteiger partial charge in [0, 0.05) is 11.2 Å². The van der Waals surface area contributed by atoms with Crippen LogP contribution in [0, 0.1) is 0 Å². The van der Waals surface area contributed by atoms with Crippen LogP contribution in [0.25, 0.3) is 0 Å². The molecule has 156 valence electrons. The largest absolute Gasteiger partial charge is 0.330 e. The molecule has 3 rings (SSSR count). The lowest BCUT2D eigenvalue weighted by atomic mass is 9.69. The molecular weight excluding hydrogens is 386 g/mol. The van der Waals surface area contributed by atoms with Crippen LogP contribution in [0.1, 0.15) is 45.1 Å². The molecule has 1 aromatic rings. The third kappa shape index (κ3) is 4.09. The van der Waals surface area contributed by atoms with Crippen molar-refractivity contribution in [2.24, 2.45) is 9.98 Å². The van der Waals surface area contributed by atoms with Gasteiger partial charge in [0.2, 0.25) is 5.29 Å². The minimum absolute atomic E-state index is 0.00108. The van der Waals surface area contributed by atoms with Crippen molar-refractivity contribution in [3.8, 4) is 0 Å². The molecule has 1 heterocycles. The number of amides is 2. The zero-order valence-corrected chi connectivity index (χ0v) is 18.5. The summed E-state index contributed by atoms with van der Waals surface area (Å²) in [7, 11) is 4.30. The molecular formula is C22H30ClN5O. The van der Waals surface area contributed by atoms with Crippen molar-refractivity contribution in [1.82, 2.24) is 15.1 Å². The molecule has 0 atom stereocenters.